The van der Waals surface area contributed by atoms with E-state index in [4.69, 9.17) is 18.9 Å². The van der Waals surface area contributed by atoms with Crippen molar-refractivity contribution in [1.82, 2.24) is 5.32 Å². The summed E-state index contributed by atoms with van der Waals surface area (Å²) in [4.78, 5) is 12.5. The van der Waals surface area contributed by atoms with E-state index in [1.54, 1.807) is 28.4 Å². The Hall–Kier alpha value is -3.15. The Labute approximate surface area is 178 Å². The third-order valence-corrected chi connectivity index (χ3v) is 4.61. The first-order chi connectivity index (χ1) is 14.2. The van der Waals surface area contributed by atoms with Gasteiger partial charge in [-0.15, -0.1) is 0 Å². The molecule has 0 aliphatic rings. The van der Waals surface area contributed by atoms with Gasteiger partial charge in [0.05, 0.1) is 28.4 Å². The number of benzene rings is 2. The Bertz CT molecular complexity index is 870. The maximum atomic E-state index is 12.5. The summed E-state index contributed by atoms with van der Waals surface area (Å²) in [5, 5.41) is 3.02. The highest BCUT2D eigenvalue weighted by Gasteiger charge is 2.22. The van der Waals surface area contributed by atoms with Crippen LogP contribution in [0.4, 0.5) is 0 Å². The van der Waals surface area contributed by atoms with Gasteiger partial charge in [-0.25, -0.2) is 0 Å². The van der Waals surface area contributed by atoms with Gasteiger partial charge in [0.1, 0.15) is 5.75 Å². The summed E-state index contributed by atoms with van der Waals surface area (Å²) in [5.74, 6) is 2.37. The van der Waals surface area contributed by atoms with Gasteiger partial charge >= 0.3 is 0 Å². The zero-order valence-electron chi connectivity index (χ0n) is 18.8. The fourth-order valence-corrected chi connectivity index (χ4v) is 2.84. The van der Waals surface area contributed by atoms with Gasteiger partial charge in [-0.05, 0) is 47.0 Å². The Kier molecular flexibility index (Phi) is 7.75. The average Bonchev–Trinajstić information content (AvgIpc) is 2.74. The van der Waals surface area contributed by atoms with Crippen molar-refractivity contribution >= 4 is 17.6 Å². The molecule has 6 heteroatoms. The smallest absolute Gasteiger partial charge is 0.225 e. The Morgan fingerprint density at radius 2 is 1.47 bits per heavy atom. The molecule has 1 amide bonds. The van der Waals surface area contributed by atoms with E-state index in [9.17, 15) is 4.79 Å². The number of methoxy groups -OCH3 is 4. The highest BCUT2D eigenvalue weighted by molar-refractivity contribution is 5.88. The second kappa shape index (κ2) is 10.1. The third-order valence-electron chi connectivity index (χ3n) is 4.61. The number of rotatable bonds is 8. The van der Waals surface area contributed by atoms with Gasteiger partial charge in [0.2, 0.25) is 11.7 Å². The summed E-state index contributed by atoms with van der Waals surface area (Å²) >= 11 is 0. The second-order valence-electron chi connectivity index (χ2n) is 7.79. The predicted molar refractivity (Wildman–Crippen MR) is 119 cm³/mol. The standard InChI is InChI=1S/C24H31NO5/c1-24(2,3)23(26)25-15-18(12-16-8-10-19(27-4)11-9-16)17-13-20(28-5)22(30-7)21(14-17)29-6/h8-14H,15H2,1-7H3,(H,25,26)/b18-12-. The number of carbonyl (C=O) groups is 1. The summed E-state index contributed by atoms with van der Waals surface area (Å²) in [5.41, 5.74) is 2.25. The van der Waals surface area contributed by atoms with Gasteiger partial charge in [0.25, 0.3) is 0 Å². The lowest BCUT2D eigenvalue weighted by molar-refractivity contribution is -0.128. The molecule has 2 rings (SSSR count). The summed E-state index contributed by atoms with van der Waals surface area (Å²) in [6.07, 6.45) is 2.02. The molecule has 30 heavy (non-hydrogen) atoms. The van der Waals surface area contributed by atoms with E-state index in [-0.39, 0.29) is 5.91 Å². The number of hydrogen-bond acceptors (Lipinski definition) is 5. The largest absolute Gasteiger partial charge is 0.497 e. The molecule has 2 aromatic carbocycles. The van der Waals surface area contributed by atoms with E-state index in [0.717, 1.165) is 22.4 Å². The quantitative estimate of drug-likeness (QED) is 0.649. The van der Waals surface area contributed by atoms with E-state index >= 15 is 0 Å². The molecule has 0 radical (unpaired) electrons. The first-order valence-electron chi connectivity index (χ1n) is 9.66. The maximum Gasteiger partial charge on any atom is 0.225 e. The average molecular weight is 414 g/mol. The summed E-state index contributed by atoms with van der Waals surface area (Å²) in [6, 6.07) is 11.5. The van der Waals surface area contributed by atoms with Crippen LogP contribution >= 0.6 is 0 Å². The zero-order valence-corrected chi connectivity index (χ0v) is 18.8. The molecule has 0 heterocycles. The minimum atomic E-state index is -0.486. The van der Waals surface area contributed by atoms with Crippen LogP contribution < -0.4 is 24.3 Å². The molecule has 6 nitrogen and oxygen atoms in total. The molecular weight excluding hydrogens is 382 g/mol. The number of nitrogens with one attached hydrogen (secondary N) is 1. The lowest BCUT2D eigenvalue weighted by atomic mass is 9.95. The molecule has 0 saturated carbocycles. The van der Waals surface area contributed by atoms with Crippen LogP contribution in [0.5, 0.6) is 23.0 Å². The van der Waals surface area contributed by atoms with Crippen molar-refractivity contribution in [3.05, 3.63) is 47.5 Å². The monoisotopic (exact) mass is 413 g/mol. The van der Waals surface area contributed by atoms with Crippen molar-refractivity contribution in [2.75, 3.05) is 35.0 Å². The van der Waals surface area contributed by atoms with Gasteiger partial charge in [-0.1, -0.05) is 32.9 Å². The van der Waals surface area contributed by atoms with Gasteiger partial charge in [-0.2, -0.15) is 0 Å². The van der Waals surface area contributed by atoms with Crippen LogP contribution in [-0.4, -0.2) is 40.9 Å². The summed E-state index contributed by atoms with van der Waals surface area (Å²) < 4.78 is 21.7. The number of hydrogen-bond donors (Lipinski definition) is 1. The second-order valence-corrected chi connectivity index (χ2v) is 7.79. The molecule has 2 aromatic rings. The molecule has 0 saturated heterocycles. The molecule has 0 aromatic heterocycles. The van der Waals surface area contributed by atoms with Crippen molar-refractivity contribution in [2.45, 2.75) is 20.8 Å². The van der Waals surface area contributed by atoms with Crippen LogP contribution in [0, 0.1) is 5.41 Å². The minimum Gasteiger partial charge on any atom is -0.497 e. The summed E-state index contributed by atoms with van der Waals surface area (Å²) in [7, 11) is 6.36. The van der Waals surface area contributed by atoms with Crippen LogP contribution in [0.15, 0.2) is 36.4 Å². The molecule has 0 atom stereocenters. The van der Waals surface area contributed by atoms with Crippen molar-refractivity contribution in [3.8, 4) is 23.0 Å². The van der Waals surface area contributed by atoms with Crippen LogP contribution in [0.25, 0.3) is 11.6 Å². The van der Waals surface area contributed by atoms with Crippen LogP contribution in [0.2, 0.25) is 0 Å². The topological polar surface area (TPSA) is 66.0 Å². The van der Waals surface area contributed by atoms with E-state index in [2.05, 4.69) is 5.32 Å². The number of carbonyl (C=O) groups excluding carboxylic acids is 1. The van der Waals surface area contributed by atoms with Gasteiger partial charge in [-0.3, -0.25) is 4.79 Å². The van der Waals surface area contributed by atoms with Gasteiger partial charge in [0, 0.05) is 12.0 Å². The lowest BCUT2D eigenvalue weighted by Gasteiger charge is -2.20. The van der Waals surface area contributed by atoms with Crippen LogP contribution in [0.3, 0.4) is 0 Å². The molecule has 0 spiro atoms. The Balaban J connectivity index is 2.51. The minimum absolute atomic E-state index is 0.0319. The van der Waals surface area contributed by atoms with Crippen molar-refractivity contribution < 1.29 is 23.7 Å². The Morgan fingerprint density at radius 3 is 1.90 bits per heavy atom. The normalized spacial score (nSPS) is 11.6. The zero-order chi connectivity index (χ0) is 22.3. The third kappa shape index (κ3) is 5.69. The first kappa shape index (κ1) is 23.1. The molecule has 162 valence electrons. The van der Waals surface area contributed by atoms with E-state index in [0.29, 0.717) is 23.8 Å². The molecular formula is C24H31NO5. The first-order valence-corrected chi connectivity index (χ1v) is 9.66. The van der Waals surface area contributed by atoms with Crippen molar-refractivity contribution in [3.63, 3.8) is 0 Å². The SMILES string of the molecule is COc1ccc(/C=C(/CNC(=O)C(C)(C)C)c2cc(OC)c(OC)c(OC)c2)cc1. The van der Waals surface area contributed by atoms with E-state index in [1.165, 1.54) is 0 Å². The number of amides is 1. The van der Waals surface area contributed by atoms with E-state index < -0.39 is 5.41 Å². The molecule has 0 aliphatic heterocycles. The number of ether oxygens (including phenoxy) is 4. The highest BCUT2D eigenvalue weighted by Crippen LogP contribution is 2.40. The summed E-state index contributed by atoms with van der Waals surface area (Å²) in [6.45, 7) is 6.00. The van der Waals surface area contributed by atoms with Crippen molar-refractivity contribution in [1.29, 1.82) is 0 Å². The fraction of sp³-hybridized carbons (Fsp3) is 0.375. The predicted octanol–water partition coefficient (Wildman–Crippen LogP) is 4.42. The molecule has 0 unspecified atom stereocenters. The molecule has 0 fully saturated rings. The maximum absolute atomic E-state index is 12.5. The molecule has 1 N–H and O–H groups in total. The van der Waals surface area contributed by atoms with Gasteiger partial charge < -0.3 is 24.3 Å². The molecule has 0 aliphatic carbocycles. The van der Waals surface area contributed by atoms with E-state index in [1.807, 2.05) is 63.2 Å². The fourth-order valence-electron chi connectivity index (χ4n) is 2.84. The Morgan fingerprint density at radius 1 is 0.900 bits per heavy atom. The van der Waals surface area contributed by atoms with Crippen LogP contribution in [0.1, 0.15) is 31.9 Å². The van der Waals surface area contributed by atoms with Gasteiger partial charge in [0.15, 0.2) is 11.5 Å². The molecule has 0 bridgehead atoms. The highest BCUT2D eigenvalue weighted by atomic mass is 16.5. The van der Waals surface area contributed by atoms with Crippen LogP contribution in [-0.2, 0) is 4.79 Å². The van der Waals surface area contributed by atoms with Crippen molar-refractivity contribution in [2.24, 2.45) is 5.41 Å². The lowest BCUT2D eigenvalue weighted by Crippen LogP contribution is -2.35.